The molecule has 1 aromatic rings. The van der Waals surface area contributed by atoms with Crippen molar-refractivity contribution in [1.29, 1.82) is 5.26 Å². The van der Waals surface area contributed by atoms with E-state index in [1.165, 1.54) is 12.1 Å². The molecular formula is C18H22F2N2. The lowest BCUT2D eigenvalue weighted by Crippen LogP contribution is -2.67. The monoisotopic (exact) mass is 304 g/mol. The number of fused-ring (bicyclic) bond motifs is 3. The number of halogens is 2. The molecule has 0 saturated heterocycles. The first kappa shape index (κ1) is 15.4. The highest BCUT2D eigenvalue weighted by Crippen LogP contribution is 2.56. The second-order valence-corrected chi connectivity index (χ2v) is 7.24. The van der Waals surface area contributed by atoms with Crippen LogP contribution in [0, 0.1) is 34.8 Å². The van der Waals surface area contributed by atoms with Gasteiger partial charge in [-0.25, -0.2) is 8.78 Å². The minimum Gasteiger partial charge on any atom is -0.324 e. The van der Waals surface area contributed by atoms with Crippen molar-refractivity contribution in [2.24, 2.45) is 17.6 Å². The molecule has 1 aromatic carbocycles. The third-order valence-corrected chi connectivity index (χ3v) is 6.33. The topological polar surface area (TPSA) is 49.8 Å². The van der Waals surface area contributed by atoms with E-state index in [-0.39, 0.29) is 17.6 Å². The van der Waals surface area contributed by atoms with Crippen molar-refractivity contribution >= 4 is 0 Å². The number of hydrogen-bond donors (Lipinski definition) is 1. The number of nitriles is 1. The molecule has 1 saturated carbocycles. The maximum Gasteiger partial charge on any atom is 0.127 e. The summed E-state index contributed by atoms with van der Waals surface area (Å²) in [5, 5.41) is 9.18. The van der Waals surface area contributed by atoms with Crippen LogP contribution in [-0.4, -0.2) is 5.54 Å². The summed E-state index contributed by atoms with van der Waals surface area (Å²) in [5.74, 6) is -0.350. The predicted molar refractivity (Wildman–Crippen MR) is 81.1 cm³/mol. The van der Waals surface area contributed by atoms with Crippen LogP contribution in [0.1, 0.15) is 50.7 Å². The summed E-state index contributed by atoms with van der Waals surface area (Å²) in [5.41, 5.74) is 6.49. The predicted octanol–water partition coefficient (Wildman–Crippen LogP) is 3.83. The largest absolute Gasteiger partial charge is 0.324 e. The van der Waals surface area contributed by atoms with Gasteiger partial charge in [0.05, 0.1) is 6.07 Å². The van der Waals surface area contributed by atoms with Crippen LogP contribution in [0.15, 0.2) is 12.1 Å². The molecule has 4 heteroatoms. The van der Waals surface area contributed by atoms with Crippen molar-refractivity contribution < 1.29 is 8.78 Å². The van der Waals surface area contributed by atoms with Gasteiger partial charge in [0, 0.05) is 22.9 Å². The number of benzene rings is 1. The Kier molecular flexibility index (Phi) is 3.52. The molecule has 0 aliphatic heterocycles. The maximum atomic E-state index is 14.6. The summed E-state index contributed by atoms with van der Waals surface area (Å²) in [7, 11) is 0. The minimum atomic E-state index is -0.651. The van der Waals surface area contributed by atoms with Crippen LogP contribution in [0.2, 0.25) is 0 Å². The Bertz CT molecular complexity index is 651. The molecule has 22 heavy (non-hydrogen) atoms. The normalized spacial score (nSPS) is 37.1. The molecule has 0 aromatic heterocycles. The molecular weight excluding hydrogens is 282 g/mol. The molecule has 4 atom stereocenters. The zero-order valence-corrected chi connectivity index (χ0v) is 13.1. The average molecular weight is 304 g/mol. The van der Waals surface area contributed by atoms with E-state index in [1.807, 2.05) is 6.92 Å². The lowest BCUT2D eigenvalue weighted by Gasteiger charge is -2.59. The summed E-state index contributed by atoms with van der Waals surface area (Å²) in [6.45, 7) is 4.08. The molecule has 3 rings (SSSR count). The molecule has 0 amide bonds. The molecule has 4 unspecified atom stereocenters. The van der Waals surface area contributed by atoms with Gasteiger partial charge in [-0.15, -0.1) is 0 Å². The Balaban J connectivity index is 2.20. The highest BCUT2D eigenvalue weighted by atomic mass is 19.1. The number of nitrogens with zero attached hydrogens (tertiary/aromatic N) is 1. The zero-order valence-electron chi connectivity index (χ0n) is 13.1. The van der Waals surface area contributed by atoms with E-state index < -0.39 is 11.0 Å². The van der Waals surface area contributed by atoms with Crippen LogP contribution in [0.4, 0.5) is 8.78 Å². The second-order valence-electron chi connectivity index (χ2n) is 7.24. The van der Waals surface area contributed by atoms with E-state index >= 15 is 0 Å². The minimum absolute atomic E-state index is 0.0204. The highest BCUT2D eigenvalue weighted by Gasteiger charge is 2.58. The number of nitrogens with two attached hydrogens (primary N) is 1. The second kappa shape index (κ2) is 5.03. The zero-order chi connectivity index (χ0) is 16.1. The van der Waals surface area contributed by atoms with Gasteiger partial charge in [0.15, 0.2) is 0 Å². The van der Waals surface area contributed by atoms with E-state index in [4.69, 9.17) is 5.73 Å². The third-order valence-electron chi connectivity index (χ3n) is 6.33. The molecule has 0 bridgehead atoms. The van der Waals surface area contributed by atoms with E-state index in [0.717, 1.165) is 12.8 Å². The van der Waals surface area contributed by atoms with Gasteiger partial charge in [0.2, 0.25) is 0 Å². The van der Waals surface area contributed by atoms with Crippen LogP contribution in [-0.2, 0) is 11.8 Å². The third kappa shape index (κ3) is 1.85. The summed E-state index contributed by atoms with van der Waals surface area (Å²) < 4.78 is 28.7. The molecule has 2 N–H and O–H groups in total. The van der Waals surface area contributed by atoms with Crippen molar-refractivity contribution in [3.8, 4) is 6.07 Å². The first-order valence-electron chi connectivity index (χ1n) is 7.98. The van der Waals surface area contributed by atoms with Crippen molar-refractivity contribution in [2.45, 2.75) is 56.9 Å². The molecule has 0 radical (unpaired) electrons. The standard InChI is InChI=1S/C18H22F2N2/c1-11-5-8-17(2)16-12(14(19)3-4-15(16)20)6-9-18(17,22)13(11)7-10-21/h3-4,11,13H,5-9,22H2,1-2H3. The summed E-state index contributed by atoms with van der Waals surface area (Å²) >= 11 is 0. The summed E-state index contributed by atoms with van der Waals surface area (Å²) in [4.78, 5) is 0. The Morgan fingerprint density at radius 3 is 2.68 bits per heavy atom. The van der Waals surface area contributed by atoms with Crippen molar-refractivity contribution in [2.75, 3.05) is 0 Å². The summed E-state index contributed by atoms with van der Waals surface area (Å²) in [6.07, 6.45) is 3.05. The molecule has 118 valence electrons. The van der Waals surface area contributed by atoms with Gasteiger partial charge in [-0.05, 0) is 55.2 Å². The van der Waals surface area contributed by atoms with E-state index in [1.54, 1.807) is 0 Å². The maximum absolute atomic E-state index is 14.6. The number of rotatable bonds is 1. The Hall–Kier alpha value is -1.47. The van der Waals surface area contributed by atoms with E-state index in [0.29, 0.717) is 36.3 Å². The Labute approximate surface area is 130 Å². The molecule has 0 spiro atoms. The molecule has 2 aliphatic rings. The van der Waals surface area contributed by atoms with Crippen LogP contribution in [0.5, 0.6) is 0 Å². The van der Waals surface area contributed by atoms with E-state index in [9.17, 15) is 14.0 Å². The van der Waals surface area contributed by atoms with Gasteiger partial charge in [-0.3, -0.25) is 0 Å². The van der Waals surface area contributed by atoms with E-state index in [2.05, 4.69) is 13.0 Å². The SMILES string of the molecule is CC1CCC2(C)c3c(F)ccc(F)c3CCC2(N)C1CC#N. The van der Waals surface area contributed by atoms with Gasteiger partial charge in [-0.1, -0.05) is 13.8 Å². The van der Waals surface area contributed by atoms with Gasteiger partial charge >= 0.3 is 0 Å². The van der Waals surface area contributed by atoms with Crippen molar-refractivity contribution in [1.82, 2.24) is 0 Å². The van der Waals surface area contributed by atoms with Crippen LogP contribution in [0.3, 0.4) is 0 Å². The van der Waals surface area contributed by atoms with Crippen molar-refractivity contribution in [3.05, 3.63) is 34.9 Å². The molecule has 2 nitrogen and oxygen atoms in total. The Morgan fingerprint density at radius 2 is 2.00 bits per heavy atom. The van der Waals surface area contributed by atoms with Crippen LogP contribution in [0.25, 0.3) is 0 Å². The fraction of sp³-hybridized carbons (Fsp3) is 0.611. The quantitative estimate of drug-likeness (QED) is 0.857. The molecule has 0 heterocycles. The van der Waals surface area contributed by atoms with Gasteiger partial charge in [0.1, 0.15) is 11.6 Å². The average Bonchev–Trinajstić information content (AvgIpc) is 2.48. The first-order valence-corrected chi connectivity index (χ1v) is 7.98. The highest BCUT2D eigenvalue weighted by molar-refractivity contribution is 5.44. The first-order chi connectivity index (χ1) is 10.3. The fourth-order valence-corrected chi connectivity index (χ4v) is 4.93. The van der Waals surface area contributed by atoms with Gasteiger partial charge in [-0.2, -0.15) is 5.26 Å². The number of hydrogen-bond acceptors (Lipinski definition) is 2. The lowest BCUT2D eigenvalue weighted by molar-refractivity contribution is 0.0298. The van der Waals surface area contributed by atoms with Crippen LogP contribution < -0.4 is 5.73 Å². The smallest absolute Gasteiger partial charge is 0.127 e. The van der Waals surface area contributed by atoms with Crippen LogP contribution >= 0.6 is 0 Å². The van der Waals surface area contributed by atoms with Crippen molar-refractivity contribution in [3.63, 3.8) is 0 Å². The fourth-order valence-electron chi connectivity index (χ4n) is 4.93. The van der Waals surface area contributed by atoms with Gasteiger partial charge in [0.25, 0.3) is 0 Å². The summed E-state index contributed by atoms with van der Waals surface area (Å²) in [6, 6.07) is 4.66. The van der Waals surface area contributed by atoms with Gasteiger partial charge < -0.3 is 5.73 Å². The lowest BCUT2D eigenvalue weighted by atomic mass is 9.48. The Morgan fingerprint density at radius 1 is 1.32 bits per heavy atom. The molecule has 2 aliphatic carbocycles. The molecule has 1 fully saturated rings.